The van der Waals surface area contributed by atoms with Crippen molar-refractivity contribution in [1.82, 2.24) is 0 Å². The van der Waals surface area contributed by atoms with Gasteiger partial charge in [-0.1, -0.05) is 302 Å². The maximum Gasteiger partial charge on any atom is 0.261 e. The predicted octanol–water partition coefficient (Wildman–Crippen LogP) is 27.7. The van der Waals surface area contributed by atoms with Gasteiger partial charge in [-0.25, -0.2) is 0 Å². The summed E-state index contributed by atoms with van der Waals surface area (Å²) in [6, 6.07) is 61.6. The van der Waals surface area contributed by atoms with E-state index >= 15 is 0 Å². The summed E-state index contributed by atoms with van der Waals surface area (Å²) in [7, 11) is -2.74. The van der Waals surface area contributed by atoms with Crippen molar-refractivity contribution in [2.45, 2.75) is 324 Å². The van der Waals surface area contributed by atoms with Crippen LogP contribution >= 0.6 is 47.0 Å². The van der Waals surface area contributed by atoms with Crippen LogP contribution in [-0.2, 0) is 70.4 Å². The first-order valence-corrected chi connectivity index (χ1v) is 44.7. The zero-order valence-corrected chi connectivity index (χ0v) is 77.2. The fourth-order valence-electron chi connectivity index (χ4n) is 15.0. The minimum Gasteiger partial charge on any atom is -0.467 e. The maximum atomic E-state index is 10.0. The van der Waals surface area contributed by atoms with E-state index in [1.807, 2.05) is 71.3 Å². The Morgan fingerprint density at radius 2 is 0.582 bits per heavy atom. The van der Waals surface area contributed by atoms with Crippen LogP contribution in [0, 0.1) is 13.8 Å². The molecular weight excluding hydrogens is 1440 g/mol. The van der Waals surface area contributed by atoms with Crippen molar-refractivity contribution in [3.05, 3.63) is 237 Å². The molecule has 0 bridgehead atoms. The topological polar surface area (TPSA) is 66.4 Å². The van der Waals surface area contributed by atoms with Crippen molar-refractivity contribution in [3.8, 4) is 11.5 Å². The third kappa shape index (κ3) is 25.2. The highest BCUT2D eigenvalue weighted by molar-refractivity contribution is 8.18. The van der Waals surface area contributed by atoms with Gasteiger partial charge in [-0.3, -0.25) is 0 Å². The Morgan fingerprint density at radius 3 is 0.845 bits per heavy atom. The van der Waals surface area contributed by atoms with Gasteiger partial charge in [0.2, 0.25) is 0 Å². The number of rotatable bonds is 28. The number of aliphatic hydroxyl groups excluding tert-OH is 1. The lowest BCUT2D eigenvalue weighted by Gasteiger charge is -2.43. The van der Waals surface area contributed by atoms with Gasteiger partial charge in [0.05, 0.1) is 21.4 Å². The first kappa shape index (κ1) is 93.7. The molecule has 8 aromatic rings. The Bertz CT molecular complexity index is 4140. The van der Waals surface area contributed by atoms with Crippen LogP contribution in [0.4, 0.5) is 0 Å². The Hall–Kier alpha value is -5.18. The molecule has 110 heavy (non-hydrogen) atoms. The normalized spacial score (nSPS) is 13.2. The minimum absolute atomic E-state index is 0. The number of benzene rings is 8. The third-order valence-electron chi connectivity index (χ3n) is 20.6. The highest BCUT2D eigenvalue weighted by Crippen LogP contribution is 2.54. The first-order chi connectivity index (χ1) is 50.2. The van der Waals surface area contributed by atoms with Gasteiger partial charge in [0.15, 0.2) is 13.6 Å². The molecule has 0 fully saturated rings. The van der Waals surface area contributed by atoms with E-state index in [1.165, 1.54) is 74.5 Å². The largest absolute Gasteiger partial charge is 0.467 e. The van der Waals surface area contributed by atoms with Crippen LogP contribution in [0.25, 0.3) is 0 Å². The van der Waals surface area contributed by atoms with Crippen LogP contribution in [0.2, 0.25) is 5.04 Å². The molecule has 0 radical (unpaired) electrons. The lowest BCUT2D eigenvalue weighted by atomic mass is 9.77. The zero-order chi connectivity index (χ0) is 81.4. The summed E-state index contributed by atoms with van der Waals surface area (Å²) >= 11 is 7.75. The molecule has 0 saturated heterocycles. The molecule has 0 saturated carbocycles. The number of hydrogen-bond donors (Lipinski definition) is 1. The molecule has 6 nitrogen and oxygen atoms in total. The molecule has 0 aliphatic heterocycles. The average molecular weight is 1580 g/mol. The van der Waals surface area contributed by atoms with Gasteiger partial charge in [0.25, 0.3) is 8.32 Å². The van der Waals surface area contributed by atoms with Crippen LogP contribution in [-0.4, -0.2) is 48.4 Å². The van der Waals surface area contributed by atoms with Gasteiger partial charge in [-0.15, -0.1) is 47.0 Å². The summed E-state index contributed by atoms with van der Waals surface area (Å²) in [5, 5.41) is 12.5. The number of thioether (sulfide) groups is 4. The molecule has 602 valence electrons. The monoisotopic (exact) mass is 1580 g/mol. The van der Waals surface area contributed by atoms with E-state index in [9.17, 15) is 5.11 Å². The fourth-order valence-corrected chi connectivity index (χ4v) is 24.7. The second kappa shape index (κ2) is 37.2. The van der Waals surface area contributed by atoms with Crippen LogP contribution in [0.5, 0.6) is 11.5 Å². The number of aliphatic hydroxyl groups is 1. The smallest absolute Gasteiger partial charge is 0.261 e. The van der Waals surface area contributed by atoms with Crippen molar-refractivity contribution in [3.63, 3.8) is 0 Å². The maximum absolute atomic E-state index is 10.0. The molecule has 0 atom stereocenters. The van der Waals surface area contributed by atoms with Gasteiger partial charge in [0, 0.05) is 55.0 Å². The van der Waals surface area contributed by atoms with Crippen molar-refractivity contribution in [2.24, 2.45) is 0 Å². The van der Waals surface area contributed by atoms with Gasteiger partial charge in [0.1, 0.15) is 11.5 Å². The van der Waals surface area contributed by atoms with Crippen molar-refractivity contribution in [1.29, 1.82) is 0 Å². The average Bonchev–Trinajstić information content (AvgIpc) is 0.752. The van der Waals surface area contributed by atoms with Crippen molar-refractivity contribution >= 4 is 65.7 Å². The SMILES string of the molecule is C.Cc1c(C(C)(C)C)cc(SC(C)(C)Sc2cc(C(C)(C)C)c(OCOCc3ccccc3)c(C(C)(C)CCO)c2)cc1C(C)(C)C.Cc1c(C(C)(C)C)cc(SC(C)(C)Sc2cc(C(C)(C)C)c(OCOCc3ccccc3)c(C(C)(C)CCO[Si](c3ccccc3)(c3ccccc3)C(C)(C)C)c2)cc1C(C)(C)C. The van der Waals surface area contributed by atoms with Crippen molar-refractivity contribution in [2.75, 3.05) is 26.8 Å². The highest BCUT2D eigenvalue weighted by atomic mass is 32.2. The number of hydrogen-bond acceptors (Lipinski definition) is 10. The summed E-state index contributed by atoms with van der Waals surface area (Å²) < 4.78 is 32.8. The Kier molecular flexibility index (Phi) is 31.7. The second-order valence-corrected chi connectivity index (χ2v) is 51.0. The van der Waals surface area contributed by atoms with E-state index in [0.717, 1.165) is 40.2 Å². The molecule has 0 spiro atoms. The first-order valence-electron chi connectivity index (χ1n) is 39.5. The van der Waals surface area contributed by atoms with E-state index in [2.05, 4.69) is 360 Å². The summed E-state index contributed by atoms with van der Waals surface area (Å²) in [5.74, 6) is 1.79. The predicted molar refractivity (Wildman–Crippen MR) is 485 cm³/mol. The highest BCUT2D eigenvalue weighted by Gasteiger charge is 2.50. The number of ether oxygens (including phenoxy) is 4. The molecule has 0 heterocycles. The van der Waals surface area contributed by atoms with Gasteiger partial charge in [-0.2, -0.15) is 0 Å². The van der Waals surface area contributed by atoms with Gasteiger partial charge in [-0.05, 0) is 206 Å². The molecule has 8 aromatic carbocycles. The Labute approximate surface area is 688 Å². The second-order valence-electron chi connectivity index (χ2n) is 39.4. The molecule has 0 aliphatic rings. The summed E-state index contributed by atoms with van der Waals surface area (Å²) in [4.78, 5) is 5.08. The summed E-state index contributed by atoms with van der Waals surface area (Å²) in [6.45, 7) is 73.7. The molecule has 0 amide bonds. The van der Waals surface area contributed by atoms with Crippen LogP contribution in [0.1, 0.15) is 288 Å². The lowest BCUT2D eigenvalue weighted by Crippen LogP contribution is -2.66. The third-order valence-corrected chi connectivity index (χ3v) is 30.5. The zero-order valence-electron chi connectivity index (χ0n) is 72.9. The van der Waals surface area contributed by atoms with E-state index in [-0.39, 0.29) is 84.1 Å². The summed E-state index contributed by atoms with van der Waals surface area (Å²) in [5.41, 5.74) is 14.6. The van der Waals surface area contributed by atoms with Crippen LogP contribution < -0.4 is 19.8 Å². The lowest BCUT2D eigenvalue weighted by molar-refractivity contribution is 0.00278. The molecule has 0 unspecified atom stereocenters. The van der Waals surface area contributed by atoms with E-state index in [1.54, 1.807) is 0 Å². The van der Waals surface area contributed by atoms with Crippen LogP contribution in [0.15, 0.2) is 189 Å². The quantitative estimate of drug-likeness (QED) is 0.0222. The Morgan fingerprint density at radius 1 is 0.327 bits per heavy atom. The van der Waals surface area contributed by atoms with E-state index < -0.39 is 8.32 Å². The van der Waals surface area contributed by atoms with Crippen LogP contribution in [0.3, 0.4) is 0 Å². The van der Waals surface area contributed by atoms with E-state index in [4.69, 9.17) is 23.4 Å². The molecule has 0 aliphatic carbocycles. The molecule has 8 rings (SSSR count). The molecule has 0 aromatic heterocycles. The standard InChI is InChI=1S/C57H78O3S2Si.C41H60O3S2.CH4/c1-41-47(52(2,3)4)35-43(36-48(41)53(5,6)7)61-57(16,17)62-44-37-49(54(8,9)10)51(59-40-58-39-42-27-21-18-22-28-42)50(38-44)56(14,15)33-34-60-63(55(11,12)13,45-29-23-19-24-30-45)46-31-25-20-26-32-46;1-28-32(37(2,3)4)22-30(23-33(28)38(5,6)7)45-41(13,14)46-31-24-34(39(8,9)10)36(35(25-31)40(11,12)20-21-42)44-27-43-26-29-18-16-15-17-19-29;/h18-32,35-38H,33-34,39-40H2,1-17H3;15-19,22-25,42H,20-21,26-27H2,1-14H3;1H4. The minimum atomic E-state index is -2.74. The van der Waals surface area contributed by atoms with Crippen molar-refractivity contribution < 1.29 is 28.5 Å². The van der Waals surface area contributed by atoms with Gasteiger partial charge >= 0.3 is 0 Å². The fraction of sp³-hybridized carbons (Fsp3) is 0.515. The molecular formula is C99H142O6S4Si. The summed E-state index contributed by atoms with van der Waals surface area (Å²) in [6.07, 6.45) is 1.45. The molecule has 1 N–H and O–H groups in total. The Balaban J connectivity index is 0.000000357. The van der Waals surface area contributed by atoms with E-state index in [0.29, 0.717) is 26.2 Å². The van der Waals surface area contributed by atoms with Gasteiger partial charge < -0.3 is 28.5 Å². The molecule has 11 heteroatoms.